The van der Waals surface area contributed by atoms with Gasteiger partial charge in [0.15, 0.2) is 0 Å². The molecule has 0 bridgehead atoms. The average molecular weight is 157 g/mol. The van der Waals surface area contributed by atoms with Gasteiger partial charge in [0.05, 0.1) is 6.10 Å². The first-order valence-electron chi connectivity index (χ1n) is 4.70. The van der Waals surface area contributed by atoms with E-state index >= 15 is 0 Å². The van der Waals surface area contributed by atoms with Gasteiger partial charge in [0, 0.05) is 6.04 Å². The SMILES string of the molecule is CC(O)CC1CCCCCN1. The zero-order chi connectivity index (χ0) is 8.10. The minimum atomic E-state index is -0.148. The van der Waals surface area contributed by atoms with Crippen molar-refractivity contribution in [2.75, 3.05) is 6.54 Å². The number of hydrogen-bond acceptors (Lipinski definition) is 2. The average Bonchev–Trinajstić information content (AvgIpc) is 2.14. The molecular formula is C9H19NO. The fourth-order valence-electron chi connectivity index (χ4n) is 1.71. The Hall–Kier alpha value is -0.0800. The number of aliphatic hydroxyl groups is 1. The Morgan fingerprint density at radius 3 is 3.00 bits per heavy atom. The van der Waals surface area contributed by atoms with Gasteiger partial charge >= 0.3 is 0 Å². The van der Waals surface area contributed by atoms with E-state index in [1.807, 2.05) is 6.92 Å². The molecule has 2 heteroatoms. The topological polar surface area (TPSA) is 32.3 Å². The summed E-state index contributed by atoms with van der Waals surface area (Å²) >= 11 is 0. The second-order valence-corrected chi connectivity index (χ2v) is 3.59. The van der Waals surface area contributed by atoms with E-state index < -0.39 is 0 Å². The molecule has 2 unspecified atom stereocenters. The molecule has 0 amide bonds. The van der Waals surface area contributed by atoms with Gasteiger partial charge in [0.1, 0.15) is 0 Å². The van der Waals surface area contributed by atoms with Crippen LogP contribution in [0.3, 0.4) is 0 Å². The summed E-state index contributed by atoms with van der Waals surface area (Å²) in [6.45, 7) is 3.00. The van der Waals surface area contributed by atoms with Crippen LogP contribution >= 0.6 is 0 Å². The van der Waals surface area contributed by atoms with Gasteiger partial charge in [-0.1, -0.05) is 12.8 Å². The molecule has 2 N–H and O–H groups in total. The van der Waals surface area contributed by atoms with E-state index in [0.717, 1.165) is 13.0 Å². The molecule has 1 aliphatic rings. The molecule has 0 saturated carbocycles. The van der Waals surface area contributed by atoms with Crippen LogP contribution in [-0.2, 0) is 0 Å². The fourth-order valence-corrected chi connectivity index (χ4v) is 1.71. The molecule has 1 heterocycles. The minimum absolute atomic E-state index is 0.148. The van der Waals surface area contributed by atoms with Gasteiger partial charge in [-0.3, -0.25) is 0 Å². The summed E-state index contributed by atoms with van der Waals surface area (Å²) in [5.41, 5.74) is 0. The molecule has 11 heavy (non-hydrogen) atoms. The second kappa shape index (κ2) is 4.73. The Morgan fingerprint density at radius 1 is 1.45 bits per heavy atom. The Kier molecular flexibility index (Phi) is 3.87. The predicted octanol–water partition coefficient (Wildman–Crippen LogP) is 1.29. The Labute approximate surface area is 69.0 Å². The van der Waals surface area contributed by atoms with Crippen molar-refractivity contribution in [3.63, 3.8) is 0 Å². The Balaban J connectivity index is 2.20. The van der Waals surface area contributed by atoms with E-state index in [1.165, 1.54) is 25.7 Å². The van der Waals surface area contributed by atoms with Crippen molar-refractivity contribution in [3.05, 3.63) is 0 Å². The lowest BCUT2D eigenvalue weighted by Crippen LogP contribution is -2.31. The summed E-state index contributed by atoms with van der Waals surface area (Å²) in [4.78, 5) is 0. The van der Waals surface area contributed by atoms with Crippen LogP contribution in [0.4, 0.5) is 0 Å². The molecule has 1 saturated heterocycles. The van der Waals surface area contributed by atoms with E-state index in [9.17, 15) is 0 Å². The lowest BCUT2D eigenvalue weighted by atomic mass is 10.1. The van der Waals surface area contributed by atoms with Crippen molar-refractivity contribution in [3.8, 4) is 0 Å². The molecule has 0 aliphatic carbocycles. The number of rotatable bonds is 2. The third-order valence-corrected chi connectivity index (χ3v) is 2.29. The van der Waals surface area contributed by atoms with E-state index in [1.54, 1.807) is 0 Å². The second-order valence-electron chi connectivity index (χ2n) is 3.59. The van der Waals surface area contributed by atoms with Crippen molar-refractivity contribution in [2.45, 2.75) is 51.2 Å². The molecule has 66 valence electrons. The van der Waals surface area contributed by atoms with E-state index in [-0.39, 0.29) is 6.10 Å². The fraction of sp³-hybridized carbons (Fsp3) is 1.00. The lowest BCUT2D eigenvalue weighted by molar-refractivity contribution is 0.167. The van der Waals surface area contributed by atoms with Crippen molar-refractivity contribution >= 4 is 0 Å². The first kappa shape index (κ1) is 9.01. The Bertz CT molecular complexity index is 95.7. The standard InChI is InChI=1S/C9H19NO/c1-8(11)7-9-5-3-2-4-6-10-9/h8-11H,2-7H2,1H3. The van der Waals surface area contributed by atoms with Gasteiger partial charge in [0.25, 0.3) is 0 Å². The van der Waals surface area contributed by atoms with Crippen LogP contribution in [0, 0.1) is 0 Å². The summed E-state index contributed by atoms with van der Waals surface area (Å²) in [6.07, 6.45) is 5.99. The zero-order valence-electron chi connectivity index (χ0n) is 7.34. The van der Waals surface area contributed by atoms with Gasteiger partial charge in [-0.2, -0.15) is 0 Å². The molecule has 0 radical (unpaired) electrons. The molecule has 2 atom stereocenters. The number of hydrogen-bond donors (Lipinski definition) is 2. The van der Waals surface area contributed by atoms with Crippen LogP contribution in [0.25, 0.3) is 0 Å². The van der Waals surface area contributed by atoms with Gasteiger partial charge in [0.2, 0.25) is 0 Å². The Morgan fingerprint density at radius 2 is 2.27 bits per heavy atom. The first-order valence-corrected chi connectivity index (χ1v) is 4.70. The van der Waals surface area contributed by atoms with Crippen molar-refractivity contribution in [1.29, 1.82) is 0 Å². The van der Waals surface area contributed by atoms with Crippen molar-refractivity contribution in [1.82, 2.24) is 5.32 Å². The lowest BCUT2D eigenvalue weighted by Gasteiger charge is -2.16. The molecule has 1 aliphatic heterocycles. The highest BCUT2D eigenvalue weighted by Crippen LogP contribution is 2.12. The molecule has 2 nitrogen and oxygen atoms in total. The number of aliphatic hydroxyl groups excluding tert-OH is 1. The highest BCUT2D eigenvalue weighted by molar-refractivity contribution is 4.72. The van der Waals surface area contributed by atoms with Crippen LogP contribution in [0.15, 0.2) is 0 Å². The van der Waals surface area contributed by atoms with Crippen molar-refractivity contribution in [2.24, 2.45) is 0 Å². The molecule has 0 aromatic carbocycles. The zero-order valence-corrected chi connectivity index (χ0v) is 7.34. The quantitative estimate of drug-likeness (QED) is 0.633. The van der Waals surface area contributed by atoms with Crippen LogP contribution in [-0.4, -0.2) is 23.8 Å². The van der Waals surface area contributed by atoms with Gasteiger partial charge < -0.3 is 10.4 Å². The third-order valence-electron chi connectivity index (χ3n) is 2.29. The monoisotopic (exact) mass is 157 g/mol. The minimum Gasteiger partial charge on any atom is -0.393 e. The molecule has 1 fully saturated rings. The van der Waals surface area contributed by atoms with Crippen LogP contribution in [0.5, 0.6) is 0 Å². The van der Waals surface area contributed by atoms with E-state index in [2.05, 4.69) is 5.32 Å². The van der Waals surface area contributed by atoms with Crippen LogP contribution in [0.1, 0.15) is 39.0 Å². The summed E-state index contributed by atoms with van der Waals surface area (Å²) in [7, 11) is 0. The maximum Gasteiger partial charge on any atom is 0.0526 e. The first-order chi connectivity index (χ1) is 5.29. The van der Waals surface area contributed by atoms with Crippen LogP contribution in [0.2, 0.25) is 0 Å². The normalized spacial score (nSPS) is 29.5. The summed E-state index contributed by atoms with van der Waals surface area (Å²) < 4.78 is 0. The highest BCUT2D eigenvalue weighted by Gasteiger charge is 2.12. The molecular weight excluding hydrogens is 138 g/mol. The predicted molar refractivity (Wildman–Crippen MR) is 46.6 cm³/mol. The third kappa shape index (κ3) is 3.73. The maximum atomic E-state index is 9.16. The molecule has 1 rings (SSSR count). The highest BCUT2D eigenvalue weighted by atomic mass is 16.3. The van der Waals surface area contributed by atoms with E-state index in [4.69, 9.17) is 5.11 Å². The van der Waals surface area contributed by atoms with Gasteiger partial charge in [-0.25, -0.2) is 0 Å². The van der Waals surface area contributed by atoms with Crippen molar-refractivity contribution < 1.29 is 5.11 Å². The number of nitrogens with one attached hydrogen (secondary N) is 1. The summed E-state index contributed by atoms with van der Waals surface area (Å²) in [6, 6.07) is 0.567. The largest absolute Gasteiger partial charge is 0.393 e. The summed E-state index contributed by atoms with van der Waals surface area (Å²) in [5.74, 6) is 0. The summed E-state index contributed by atoms with van der Waals surface area (Å²) in [5, 5.41) is 12.6. The van der Waals surface area contributed by atoms with Gasteiger partial charge in [-0.15, -0.1) is 0 Å². The van der Waals surface area contributed by atoms with Crippen LogP contribution < -0.4 is 5.32 Å². The molecule has 0 aromatic rings. The molecule has 0 aromatic heterocycles. The molecule has 0 spiro atoms. The van der Waals surface area contributed by atoms with E-state index in [0.29, 0.717) is 6.04 Å². The smallest absolute Gasteiger partial charge is 0.0526 e. The van der Waals surface area contributed by atoms with Gasteiger partial charge in [-0.05, 0) is 32.7 Å². The maximum absolute atomic E-state index is 9.16.